The van der Waals surface area contributed by atoms with Crippen LogP contribution in [0.15, 0.2) is 57.7 Å². The number of imidazole rings is 1. The van der Waals surface area contributed by atoms with Crippen molar-refractivity contribution in [1.29, 1.82) is 0 Å². The van der Waals surface area contributed by atoms with Gasteiger partial charge in [0.15, 0.2) is 11.3 Å². The first-order chi connectivity index (χ1) is 17.7. The molecule has 1 saturated heterocycles. The molecule has 0 unspecified atom stereocenters. The lowest BCUT2D eigenvalue weighted by molar-refractivity contribution is 0.0713. The van der Waals surface area contributed by atoms with E-state index in [1.165, 1.54) is 6.26 Å². The molecule has 1 aliphatic rings. The summed E-state index contributed by atoms with van der Waals surface area (Å²) in [6.45, 7) is 12.0. The minimum atomic E-state index is -0.0892. The van der Waals surface area contributed by atoms with Gasteiger partial charge in [-0.05, 0) is 43.4 Å². The van der Waals surface area contributed by atoms with Crippen LogP contribution in [0.5, 0.6) is 0 Å². The largest absolute Gasteiger partial charge is 0.370 e. The Morgan fingerprint density at radius 2 is 1.81 bits per heavy atom. The van der Waals surface area contributed by atoms with Gasteiger partial charge in [0, 0.05) is 63.6 Å². The summed E-state index contributed by atoms with van der Waals surface area (Å²) in [5, 5.41) is 3.81. The average molecular weight is 507 g/mol. The Labute approximate surface area is 218 Å². The summed E-state index contributed by atoms with van der Waals surface area (Å²) in [6, 6.07) is 5.63. The van der Waals surface area contributed by atoms with Gasteiger partial charge in [0.05, 0.1) is 5.52 Å². The second-order valence-corrected chi connectivity index (χ2v) is 10.8. The smallest absolute Gasteiger partial charge is 0.330 e. The Balaban J connectivity index is 1.53. The van der Waals surface area contributed by atoms with Crippen LogP contribution in [0.1, 0.15) is 56.7 Å². The maximum absolute atomic E-state index is 12.9. The van der Waals surface area contributed by atoms with Crippen LogP contribution < -0.4 is 5.69 Å². The van der Waals surface area contributed by atoms with Gasteiger partial charge in [-0.15, -0.1) is 0 Å². The Morgan fingerprint density at radius 1 is 1.08 bits per heavy atom. The lowest BCUT2D eigenvalue weighted by Crippen LogP contribution is -2.41. The van der Waals surface area contributed by atoms with E-state index in [0.29, 0.717) is 30.9 Å². The third-order valence-electron chi connectivity index (χ3n) is 6.58. The van der Waals surface area contributed by atoms with Crippen LogP contribution >= 0.6 is 0 Å². The van der Waals surface area contributed by atoms with Crippen molar-refractivity contribution in [2.45, 2.75) is 53.5 Å². The zero-order chi connectivity index (χ0) is 26.6. The van der Waals surface area contributed by atoms with Gasteiger partial charge in [-0.3, -0.25) is 13.9 Å². The normalized spacial score (nSPS) is 16.0. The predicted octanol–water partition coefficient (Wildman–Crippen LogP) is 4.01. The first-order valence-electron chi connectivity index (χ1n) is 13.0. The van der Waals surface area contributed by atoms with Crippen molar-refractivity contribution >= 4 is 17.1 Å². The van der Waals surface area contributed by atoms with Gasteiger partial charge in [0.1, 0.15) is 6.26 Å². The van der Waals surface area contributed by atoms with E-state index in [9.17, 15) is 9.59 Å². The Bertz CT molecular complexity index is 1340. The molecule has 0 saturated carbocycles. The Kier molecular flexibility index (Phi) is 8.00. The third-order valence-corrected chi connectivity index (χ3v) is 6.58. The van der Waals surface area contributed by atoms with Crippen molar-refractivity contribution in [3.8, 4) is 0 Å². The van der Waals surface area contributed by atoms with Crippen LogP contribution in [-0.2, 0) is 20.0 Å². The maximum Gasteiger partial charge on any atom is 0.330 e. The fraction of sp³-hybridized carbons (Fsp3) is 0.500. The first-order valence-corrected chi connectivity index (χ1v) is 13.0. The number of amides is 1. The highest BCUT2D eigenvalue weighted by Crippen LogP contribution is 2.20. The Morgan fingerprint density at radius 3 is 2.49 bits per heavy atom. The predicted molar refractivity (Wildman–Crippen MR) is 144 cm³/mol. The van der Waals surface area contributed by atoms with Crippen molar-refractivity contribution < 1.29 is 9.32 Å². The second-order valence-electron chi connectivity index (χ2n) is 10.8. The molecule has 4 heterocycles. The molecule has 3 aromatic heterocycles. The van der Waals surface area contributed by atoms with Crippen LogP contribution in [0.2, 0.25) is 0 Å². The number of nitrogens with zero attached hydrogens (tertiary/aromatic N) is 6. The molecular formula is C28H38N6O3. The summed E-state index contributed by atoms with van der Waals surface area (Å²) >= 11 is 0. The van der Waals surface area contributed by atoms with Crippen LogP contribution in [0.3, 0.4) is 0 Å². The first kappa shape index (κ1) is 26.4. The number of aromatic nitrogens is 4. The minimum Gasteiger partial charge on any atom is -0.370 e. The highest BCUT2D eigenvalue weighted by molar-refractivity contribution is 5.92. The molecule has 37 heavy (non-hydrogen) atoms. The van der Waals surface area contributed by atoms with E-state index in [4.69, 9.17) is 9.51 Å². The molecule has 0 aromatic carbocycles. The molecule has 0 bridgehead atoms. The average Bonchev–Trinajstić information content (AvgIpc) is 3.45. The van der Waals surface area contributed by atoms with Crippen molar-refractivity contribution in [3.63, 3.8) is 0 Å². The summed E-state index contributed by atoms with van der Waals surface area (Å²) in [6.07, 6.45) is 10.3. The fourth-order valence-corrected chi connectivity index (χ4v) is 4.75. The van der Waals surface area contributed by atoms with Crippen molar-refractivity contribution in [2.24, 2.45) is 12.5 Å². The van der Waals surface area contributed by atoms with Gasteiger partial charge in [-0.2, -0.15) is 0 Å². The van der Waals surface area contributed by atoms with Crippen LogP contribution in [0.4, 0.5) is 0 Å². The second kappa shape index (κ2) is 11.2. The molecule has 1 amide bonds. The molecule has 9 heteroatoms. The zero-order valence-electron chi connectivity index (χ0n) is 22.6. The van der Waals surface area contributed by atoms with Crippen LogP contribution in [-0.4, -0.2) is 61.2 Å². The zero-order valence-corrected chi connectivity index (χ0v) is 22.6. The molecule has 0 radical (unpaired) electrons. The van der Waals surface area contributed by atoms with Crippen molar-refractivity contribution in [1.82, 2.24) is 29.1 Å². The van der Waals surface area contributed by atoms with E-state index in [1.807, 2.05) is 34.6 Å². The molecule has 0 spiro atoms. The number of carbonyl (C=O) groups is 1. The van der Waals surface area contributed by atoms with Crippen molar-refractivity contribution in [2.75, 3.05) is 26.2 Å². The summed E-state index contributed by atoms with van der Waals surface area (Å²) in [5.74, 6) is -0.0892. The number of carbonyl (C=O) groups excluding carboxylic acids is 1. The van der Waals surface area contributed by atoms with E-state index in [0.717, 1.165) is 49.4 Å². The lowest BCUT2D eigenvalue weighted by atomic mass is 9.97. The number of pyridine rings is 1. The summed E-state index contributed by atoms with van der Waals surface area (Å²) in [4.78, 5) is 34.7. The standard InChI is InChI=1S/C28H38N6O3/c1-6-9-22(32-15-7-8-16-33(18-17-32)26(35)23-14-19-37-30-23)12-10-21-11-13-24-25(29-21)31(5)27(36)34(24)20-28(2,3)4/h6,9,11-14,19H,7-8,10,15-18,20H2,1-5H3. The van der Waals surface area contributed by atoms with Crippen LogP contribution in [0, 0.1) is 5.41 Å². The van der Waals surface area contributed by atoms with Gasteiger partial charge in [0.2, 0.25) is 0 Å². The summed E-state index contributed by atoms with van der Waals surface area (Å²) < 4.78 is 8.32. The molecular weight excluding hydrogens is 468 g/mol. The highest BCUT2D eigenvalue weighted by Gasteiger charge is 2.22. The van der Waals surface area contributed by atoms with E-state index in [2.05, 4.69) is 43.0 Å². The lowest BCUT2D eigenvalue weighted by Gasteiger charge is -2.32. The molecule has 1 fully saturated rings. The molecule has 0 N–H and O–H groups in total. The van der Waals surface area contributed by atoms with E-state index in [1.54, 1.807) is 17.7 Å². The molecule has 0 atom stereocenters. The molecule has 0 aliphatic carbocycles. The van der Waals surface area contributed by atoms with Gasteiger partial charge >= 0.3 is 5.69 Å². The van der Waals surface area contributed by atoms with Gasteiger partial charge in [-0.1, -0.05) is 38.1 Å². The molecule has 4 rings (SSSR count). The monoisotopic (exact) mass is 506 g/mol. The summed E-state index contributed by atoms with van der Waals surface area (Å²) in [7, 11) is 1.79. The molecule has 9 nitrogen and oxygen atoms in total. The number of hydrogen-bond donors (Lipinski definition) is 0. The number of allylic oxidation sites excluding steroid dienone is 3. The maximum atomic E-state index is 12.9. The SMILES string of the molecule is CC=CC(=CCc1ccc2c(n1)n(C)c(=O)n2CC(C)(C)C)N1CCCCN(C(=O)c2ccon2)CC1. The summed E-state index contributed by atoms with van der Waals surface area (Å²) in [5.41, 5.74) is 3.90. The molecule has 198 valence electrons. The molecule has 1 aliphatic heterocycles. The highest BCUT2D eigenvalue weighted by atomic mass is 16.5. The van der Waals surface area contributed by atoms with Crippen molar-refractivity contribution in [3.05, 3.63) is 70.3 Å². The van der Waals surface area contributed by atoms with Crippen LogP contribution in [0.25, 0.3) is 11.2 Å². The van der Waals surface area contributed by atoms with E-state index < -0.39 is 0 Å². The van der Waals surface area contributed by atoms with Gasteiger partial charge in [0.25, 0.3) is 5.91 Å². The molecule has 3 aromatic rings. The van der Waals surface area contributed by atoms with E-state index >= 15 is 0 Å². The van der Waals surface area contributed by atoms with Gasteiger partial charge < -0.3 is 14.3 Å². The Hall–Kier alpha value is -3.62. The third kappa shape index (κ3) is 6.21. The quantitative estimate of drug-likeness (QED) is 0.470. The number of rotatable bonds is 6. The number of hydrogen-bond acceptors (Lipinski definition) is 6. The number of fused-ring (bicyclic) bond motifs is 1. The fourth-order valence-electron chi connectivity index (χ4n) is 4.75. The number of aryl methyl sites for hydroxylation is 1. The minimum absolute atomic E-state index is 0.0117. The van der Waals surface area contributed by atoms with Gasteiger partial charge in [-0.25, -0.2) is 9.78 Å². The topological polar surface area (TPSA) is 89.4 Å². The van der Waals surface area contributed by atoms with E-state index in [-0.39, 0.29) is 17.0 Å².